The zero-order valence-corrected chi connectivity index (χ0v) is 49.0. The van der Waals surface area contributed by atoms with Gasteiger partial charge in [0, 0.05) is 19.3 Å². The lowest BCUT2D eigenvalue weighted by Gasteiger charge is -2.18. The normalized spacial score (nSPS) is 12.8. The van der Waals surface area contributed by atoms with Crippen molar-refractivity contribution in [3.8, 4) is 0 Å². The van der Waals surface area contributed by atoms with Crippen molar-refractivity contribution in [3.63, 3.8) is 0 Å². The van der Waals surface area contributed by atoms with Gasteiger partial charge in [0.2, 0.25) is 0 Å². The first kappa shape index (κ1) is 71.1. The molecule has 0 saturated carbocycles. The van der Waals surface area contributed by atoms with E-state index in [1.807, 2.05) is 0 Å². The van der Waals surface area contributed by atoms with Crippen molar-refractivity contribution in [2.45, 2.75) is 297 Å². The van der Waals surface area contributed by atoms with Crippen LogP contribution in [0.15, 0.2) is 109 Å². The predicted octanol–water partition coefficient (Wildman–Crippen LogP) is 21.4. The Bertz CT molecular complexity index is 1520. The molecule has 0 rings (SSSR count). The maximum absolute atomic E-state index is 12.9. The van der Waals surface area contributed by atoms with Crippen LogP contribution in [0.3, 0.4) is 0 Å². The van der Waals surface area contributed by atoms with E-state index in [2.05, 4.69) is 130 Å². The molecule has 428 valence electrons. The Morgan fingerprint density at radius 2 is 0.547 bits per heavy atom. The molecule has 6 nitrogen and oxygen atoms in total. The largest absolute Gasteiger partial charge is 0.462 e. The minimum absolute atomic E-state index is 0.0881. The van der Waals surface area contributed by atoms with Gasteiger partial charge in [0.1, 0.15) is 13.2 Å². The number of esters is 3. The minimum atomic E-state index is -0.791. The quantitative estimate of drug-likeness (QED) is 0.0261. The lowest BCUT2D eigenvalue weighted by Crippen LogP contribution is -2.30. The third kappa shape index (κ3) is 60.8. The van der Waals surface area contributed by atoms with Crippen molar-refractivity contribution >= 4 is 17.9 Å². The van der Waals surface area contributed by atoms with Crippen molar-refractivity contribution in [1.29, 1.82) is 0 Å². The second-order valence-corrected chi connectivity index (χ2v) is 20.6. The lowest BCUT2D eigenvalue weighted by molar-refractivity contribution is -0.167. The molecule has 0 aliphatic carbocycles. The fraction of sp³-hybridized carbons (Fsp3) is 0.696. The lowest BCUT2D eigenvalue weighted by atomic mass is 10.1. The average Bonchev–Trinajstić information content (AvgIpc) is 3.41. The maximum atomic E-state index is 12.9. The van der Waals surface area contributed by atoms with E-state index in [0.29, 0.717) is 19.3 Å². The molecule has 1 atom stereocenters. The van der Waals surface area contributed by atoms with E-state index in [9.17, 15) is 14.4 Å². The standard InChI is InChI=1S/C69H116O6/c1-4-7-10-13-16-19-22-25-27-29-31-32-33-34-35-36-38-39-41-44-47-50-53-56-59-62-68(71)74-65-66(64-73-67(70)61-58-55-52-49-46-43-24-21-18-15-12-9-6-3)75-69(72)63-60-57-54-51-48-45-42-40-37-30-28-26-23-20-17-14-11-8-5-2/h7,10,12,15-17,19-21,24-28,31-32,34-35,66H,4-6,8-9,11,13-14,18,22-23,29-30,33,36-65H2,1-3H3/b10-7-,15-12-,19-16-,20-17-,24-21-,27-25-,28-26-,32-31-,35-34-. The monoisotopic (exact) mass is 1040 g/mol. The Labute approximate surface area is 463 Å². The van der Waals surface area contributed by atoms with Gasteiger partial charge in [0.15, 0.2) is 6.10 Å². The van der Waals surface area contributed by atoms with Gasteiger partial charge in [-0.2, -0.15) is 0 Å². The van der Waals surface area contributed by atoms with Gasteiger partial charge in [-0.3, -0.25) is 14.4 Å². The summed E-state index contributed by atoms with van der Waals surface area (Å²) in [5.74, 6) is -0.907. The van der Waals surface area contributed by atoms with Crippen molar-refractivity contribution in [2.75, 3.05) is 13.2 Å². The van der Waals surface area contributed by atoms with Crippen LogP contribution in [0, 0.1) is 0 Å². The number of hydrogen-bond donors (Lipinski definition) is 0. The molecule has 0 aromatic heterocycles. The molecule has 0 aromatic carbocycles. The van der Waals surface area contributed by atoms with Crippen LogP contribution in [0.25, 0.3) is 0 Å². The summed E-state index contributed by atoms with van der Waals surface area (Å²) in [4.78, 5) is 38.3. The molecule has 0 spiro atoms. The van der Waals surface area contributed by atoms with Gasteiger partial charge in [-0.15, -0.1) is 0 Å². The van der Waals surface area contributed by atoms with Crippen LogP contribution < -0.4 is 0 Å². The zero-order valence-electron chi connectivity index (χ0n) is 49.0. The molecule has 0 aliphatic rings. The predicted molar refractivity (Wildman–Crippen MR) is 325 cm³/mol. The number of carbonyl (C=O) groups excluding carboxylic acids is 3. The second-order valence-electron chi connectivity index (χ2n) is 20.6. The van der Waals surface area contributed by atoms with Crippen LogP contribution >= 0.6 is 0 Å². The maximum Gasteiger partial charge on any atom is 0.306 e. The average molecular weight is 1040 g/mol. The van der Waals surface area contributed by atoms with E-state index in [1.165, 1.54) is 116 Å². The highest BCUT2D eigenvalue weighted by atomic mass is 16.6. The summed E-state index contributed by atoms with van der Waals surface area (Å²) in [5.41, 5.74) is 0. The summed E-state index contributed by atoms with van der Waals surface area (Å²) < 4.78 is 16.9. The number of rotatable bonds is 56. The molecule has 0 amide bonds. The SMILES string of the molecule is CC/C=C\C/C=C\C/C=C\C/C=C\C/C=C\CCCCCCCCCCCC(=O)OCC(COC(=O)CCCCCCC/C=C\C/C=C\CCC)OC(=O)CCCCCCCCCCC/C=C\C/C=C\CCCCC. The highest BCUT2D eigenvalue weighted by Crippen LogP contribution is 2.15. The van der Waals surface area contributed by atoms with Crippen LogP contribution in [-0.4, -0.2) is 37.2 Å². The molecule has 0 saturated heterocycles. The van der Waals surface area contributed by atoms with Gasteiger partial charge in [0.25, 0.3) is 0 Å². The van der Waals surface area contributed by atoms with Crippen molar-refractivity contribution in [1.82, 2.24) is 0 Å². The van der Waals surface area contributed by atoms with E-state index in [0.717, 1.165) is 135 Å². The minimum Gasteiger partial charge on any atom is -0.462 e. The van der Waals surface area contributed by atoms with E-state index < -0.39 is 6.10 Å². The summed E-state index contributed by atoms with van der Waals surface area (Å²) in [6.45, 7) is 6.43. The molecule has 0 fully saturated rings. The van der Waals surface area contributed by atoms with Crippen LogP contribution in [0.2, 0.25) is 0 Å². The first-order chi connectivity index (χ1) is 37.0. The molecule has 6 heteroatoms. The molecule has 0 bridgehead atoms. The van der Waals surface area contributed by atoms with Crippen LogP contribution in [-0.2, 0) is 28.6 Å². The van der Waals surface area contributed by atoms with Gasteiger partial charge in [0.05, 0.1) is 0 Å². The highest BCUT2D eigenvalue weighted by Gasteiger charge is 2.19. The number of hydrogen-bond acceptors (Lipinski definition) is 6. The number of ether oxygens (including phenoxy) is 3. The van der Waals surface area contributed by atoms with Crippen molar-refractivity contribution in [3.05, 3.63) is 109 Å². The highest BCUT2D eigenvalue weighted by molar-refractivity contribution is 5.71. The number of allylic oxidation sites excluding steroid dienone is 18. The van der Waals surface area contributed by atoms with E-state index in [4.69, 9.17) is 14.2 Å². The Balaban J connectivity index is 4.35. The van der Waals surface area contributed by atoms with Gasteiger partial charge < -0.3 is 14.2 Å². The van der Waals surface area contributed by atoms with Crippen LogP contribution in [0.5, 0.6) is 0 Å². The Morgan fingerprint density at radius 1 is 0.280 bits per heavy atom. The van der Waals surface area contributed by atoms with Gasteiger partial charge in [-0.05, 0) is 122 Å². The van der Waals surface area contributed by atoms with E-state index in [1.54, 1.807) is 0 Å². The summed E-state index contributed by atoms with van der Waals surface area (Å²) in [5, 5.41) is 0. The fourth-order valence-corrected chi connectivity index (χ4v) is 8.54. The molecular formula is C69H116O6. The first-order valence-electron chi connectivity index (χ1n) is 31.4. The topological polar surface area (TPSA) is 78.9 Å². The summed E-state index contributed by atoms with van der Waals surface area (Å²) in [6.07, 6.45) is 85.1. The second kappa shape index (κ2) is 62.6. The molecule has 0 aromatic rings. The van der Waals surface area contributed by atoms with E-state index >= 15 is 0 Å². The molecule has 0 radical (unpaired) electrons. The molecule has 0 aliphatic heterocycles. The van der Waals surface area contributed by atoms with Crippen LogP contribution in [0.1, 0.15) is 290 Å². The Kier molecular flexibility index (Phi) is 59.3. The summed E-state index contributed by atoms with van der Waals surface area (Å²) >= 11 is 0. The molecule has 0 heterocycles. The molecule has 1 unspecified atom stereocenters. The Hall–Kier alpha value is -3.93. The fourth-order valence-electron chi connectivity index (χ4n) is 8.54. The van der Waals surface area contributed by atoms with Gasteiger partial charge in [-0.25, -0.2) is 0 Å². The third-order valence-electron chi connectivity index (χ3n) is 13.2. The number of carbonyl (C=O) groups is 3. The first-order valence-corrected chi connectivity index (χ1v) is 31.4. The van der Waals surface area contributed by atoms with Gasteiger partial charge >= 0.3 is 17.9 Å². The summed E-state index contributed by atoms with van der Waals surface area (Å²) in [7, 11) is 0. The van der Waals surface area contributed by atoms with Gasteiger partial charge in [-0.1, -0.05) is 259 Å². The molecule has 75 heavy (non-hydrogen) atoms. The van der Waals surface area contributed by atoms with Crippen molar-refractivity contribution in [2.24, 2.45) is 0 Å². The zero-order chi connectivity index (χ0) is 54.3. The van der Waals surface area contributed by atoms with E-state index in [-0.39, 0.29) is 31.1 Å². The molecular weight excluding hydrogens is 925 g/mol. The Morgan fingerprint density at radius 3 is 0.867 bits per heavy atom. The van der Waals surface area contributed by atoms with Crippen LogP contribution in [0.4, 0.5) is 0 Å². The number of unbranched alkanes of at least 4 members (excludes halogenated alkanes) is 27. The third-order valence-corrected chi connectivity index (χ3v) is 13.2. The smallest absolute Gasteiger partial charge is 0.306 e. The molecule has 0 N–H and O–H groups in total. The summed E-state index contributed by atoms with van der Waals surface area (Å²) in [6, 6.07) is 0. The van der Waals surface area contributed by atoms with Crippen molar-refractivity contribution < 1.29 is 28.6 Å².